The number of nitrogens with one attached hydrogen (secondary N) is 1. The summed E-state index contributed by atoms with van der Waals surface area (Å²) in [4.78, 5) is 0.284. The molecule has 1 aromatic rings. The Bertz CT molecular complexity index is 648. The highest BCUT2D eigenvalue weighted by Crippen LogP contribution is 2.28. The van der Waals surface area contributed by atoms with Gasteiger partial charge in [0.25, 0.3) is 0 Å². The summed E-state index contributed by atoms with van der Waals surface area (Å²) in [5, 5.41) is 0. The van der Waals surface area contributed by atoms with Gasteiger partial charge in [0.1, 0.15) is 0 Å². The molecule has 0 spiro atoms. The van der Waals surface area contributed by atoms with Gasteiger partial charge in [-0.05, 0) is 56.4 Å². The van der Waals surface area contributed by atoms with Crippen molar-refractivity contribution >= 4 is 26.5 Å². The Morgan fingerprint density at radius 1 is 1.19 bits per heavy atom. The minimum Gasteiger partial charge on any atom is -0.398 e. The largest absolute Gasteiger partial charge is 0.398 e. The minimum atomic E-state index is -3.61. The fraction of sp³-hybridized carbons (Fsp3) is 0.571. The predicted octanol–water partition coefficient (Wildman–Crippen LogP) is 1.38. The number of nitrogens with two attached hydrogens (primary N) is 1. The lowest BCUT2D eigenvalue weighted by Crippen LogP contribution is -2.40. The lowest BCUT2D eigenvalue weighted by molar-refractivity contribution is 0.521. The monoisotopic (exact) mass is 330 g/mol. The van der Waals surface area contributed by atoms with Crippen LogP contribution in [-0.2, 0) is 20.8 Å². The number of nitrogen functional groups attached to an aromatic ring is 1. The number of aryl methyl sites for hydroxylation is 1. The van der Waals surface area contributed by atoms with E-state index in [1.54, 1.807) is 19.9 Å². The zero-order valence-corrected chi connectivity index (χ0v) is 14.2. The van der Waals surface area contributed by atoms with E-state index in [1.807, 2.05) is 6.92 Å². The van der Waals surface area contributed by atoms with Crippen LogP contribution in [0.1, 0.15) is 29.5 Å². The van der Waals surface area contributed by atoms with Gasteiger partial charge in [0.05, 0.1) is 4.90 Å². The summed E-state index contributed by atoms with van der Waals surface area (Å²) in [5.41, 5.74) is 8.58. The Balaban J connectivity index is 2.34. The van der Waals surface area contributed by atoms with Crippen molar-refractivity contribution in [3.63, 3.8) is 0 Å². The summed E-state index contributed by atoms with van der Waals surface area (Å²) in [7, 11) is -4.42. The second kappa shape index (κ2) is 6.06. The van der Waals surface area contributed by atoms with Crippen LogP contribution in [0, 0.1) is 20.8 Å². The summed E-state index contributed by atoms with van der Waals surface area (Å²) in [5.74, 6) is 1.11. The number of anilines is 1. The molecule has 2 rings (SSSR count). The fourth-order valence-corrected chi connectivity index (χ4v) is 5.81. The smallest absolute Gasteiger partial charge is 0.241 e. The van der Waals surface area contributed by atoms with Gasteiger partial charge in [0.2, 0.25) is 10.0 Å². The average molecular weight is 330 g/mol. The van der Waals surface area contributed by atoms with Crippen molar-refractivity contribution in [3.8, 4) is 0 Å². The van der Waals surface area contributed by atoms with Gasteiger partial charge in [-0.2, -0.15) is 0 Å². The molecule has 0 bridgehead atoms. The third-order valence-electron chi connectivity index (χ3n) is 4.06. The van der Waals surface area contributed by atoms with Gasteiger partial charge in [0.15, 0.2) is 0 Å². The third kappa shape index (κ3) is 3.46. The first-order chi connectivity index (χ1) is 9.72. The molecule has 21 heavy (non-hydrogen) atoms. The third-order valence-corrected chi connectivity index (χ3v) is 7.23. The van der Waals surface area contributed by atoms with Crippen molar-refractivity contribution in [2.75, 3.05) is 17.2 Å². The van der Waals surface area contributed by atoms with E-state index in [0.717, 1.165) is 11.1 Å². The molecule has 1 aliphatic rings. The van der Waals surface area contributed by atoms with Gasteiger partial charge in [-0.15, -0.1) is 0 Å². The van der Waals surface area contributed by atoms with Gasteiger partial charge in [-0.25, -0.2) is 13.1 Å². The zero-order valence-electron chi connectivity index (χ0n) is 12.6. The maximum absolute atomic E-state index is 12.7. The van der Waals surface area contributed by atoms with E-state index in [0.29, 0.717) is 35.6 Å². The Labute approximate surface area is 128 Å². The van der Waals surface area contributed by atoms with Crippen LogP contribution in [0.5, 0.6) is 0 Å². The molecule has 1 aromatic carbocycles. The highest BCUT2D eigenvalue weighted by molar-refractivity contribution is 7.89. The fourth-order valence-electron chi connectivity index (χ4n) is 2.63. The van der Waals surface area contributed by atoms with Crippen LogP contribution in [0.4, 0.5) is 5.69 Å². The highest BCUT2D eigenvalue weighted by Gasteiger charge is 2.27. The summed E-state index contributed by atoms with van der Waals surface area (Å²) in [6.07, 6.45) is 1.23. The van der Waals surface area contributed by atoms with Gasteiger partial charge < -0.3 is 5.73 Å². The van der Waals surface area contributed by atoms with Gasteiger partial charge in [-0.1, -0.05) is 0 Å². The molecule has 0 aromatic heterocycles. The number of hydrogen-bond donors (Lipinski definition) is 2. The molecule has 7 heteroatoms. The Morgan fingerprint density at radius 3 is 2.33 bits per heavy atom. The summed E-state index contributed by atoms with van der Waals surface area (Å²) in [6.45, 7) is 5.38. The molecule has 5 nitrogen and oxygen atoms in total. The van der Waals surface area contributed by atoms with Gasteiger partial charge >= 0.3 is 0 Å². The molecule has 1 saturated heterocycles. The number of benzene rings is 1. The summed E-state index contributed by atoms with van der Waals surface area (Å²) in [6, 6.07) is 1.65. The van der Waals surface area contributed by atoms with E-state index >= 15 is 0 Å². The van der Waals surface area contributed by atoms with Crippen molar-refractivity contribution in [1.29, 1.82) is 0 Å². The van der Waals surface area contributed by atoms with Crippen LogP contribution < -0.4 is 10.5 Å². The van der Waals surface area contributed by atoms with Crippen LogP contribution in [0.2, 0.25) is 0 Å². The molecule has 3 N–H and O–H groups in total. The topological polar surface area (TPSA) is 89.3 Å². The molecule has 1 fully saturated rings. The summed E-state index contributed by atoms with van der Waals surface area (Å²) < 4.78 is 39.5. The van der Waals surface area contributed by atoms with Crippen molar-refractivity contribution in [1.82, 2.24) is 4.72 Å². The van der Waals surface area contributed by atoms with E-state index in [9.17, 15) is 12.6 Å². The quantitative estimate of drug-likeness (QED) is 0.820. The van der Waals surface area contributed by atoms with Crippen molar-refractivity contribution in [2.24, 2.45) is 0 Å². The van der Waals surface area contributed by atoms with Crippen LogP contribution in [0.3, 0.4) is 0 Å². The molecule has 1 aliphatic heterocycles. The normalized spacial score (nSPS) is 23.2. The molecule has 0 radical (unpaired) electrons. The predicted molar refractivity (Wildman–Crippen MR) is 86.3 cm³/mol. The first kappa shape index (κ1) is 16.5. The van der Waals surface area contributed by atoms with E-state index in [2.05, 4.69) is 4.72 Å². The molecular weight excluding hydrogens is 308 g/mol. The molecule has 0 unspecified atom stereocenters. The standard InChI is InChI=1S/C14H22N2O3S2/c1-9-8-13(15)11(3)14(10(9)2)21(18,19)16-12-4-6-20(17)7-5-12/h8,12,16H,4-7,15H2,1-3H3. The number of sulfonamides is 1. The average Bonchev–Trinajstić information content (AvgIpc) is 2.39. The number of hydrogen-bond acceptors (Lipinski definition) is 4. The van der Waals surface area contributed by atoms with Crippen molar-refractivity contribution in [2.45, 2.75) is 44.6 Å². The van der Waals surface area contributed by atoms with E-state index < -0.39 is 20.8 Å². The van der Waals surface area contributed by atoms with Gasteiger partial charge in [-0.3, -0.25) is 4.21 Å². The Kier molecular flexibility index (Phi) is 4.75. The van der Waals surface area contributed by atoms with E-state index in [4.69, 9.17) is 5.73 Å². The molecule has 1 heterocycles. The Morgan fingerprint density at radius 2 is 1.76 bits per heavy atom. The van der Waals surface area contributed by atoms with Crippen LogP contribution >= 0.6 is 0 Å². The molecule has 0 saturated carbocycles. The molecular formula is C14H22N2O3S2. The first-order valence-corrected chi connectivity index (χ1v) is 9.93. The van der Waals surface area contributed by atoms with E-state index in [1.165, 1.54) is 0 Å². The molecule has 0 atom stereocenters. The lowest BCUT2D eigenvalue weighted by atomic mass is 10.1. The zero-order chi connectivity index (χ0) is 15.8. The molecule has 118 valence electrons. The second-order valence-electron chi connectivity index (χ2n) is 5.61. The molecule has 0 aliphatic carbocycles. The van der Waals surface area contributed by atoms with Crippen LogP contribution in [0.15, 0.2) is 11.0 Å². The first-order valence-electron chi connectivity index (χ1n) is 6.96. The van der Waals surface area contributed by atoms with Crippen molar-refractivity contribution < 1.29 is 12.6 Å². The maximum atomic E-state index is 12.7. The van der Waals surface area contributed by atoms with Crippen molar-refractivity contribution in [3.05, 3.63) is 22.8 Å². The highest BCUT2D eigenvalue weighted by atomic mass is 32.2. The summed E-state index contributed by atoms with van der Waals surface area (Å²) >= 11 is 0. The SMILES string of the molecule is Cc1cc(N)c(C)c(S(=O)(=O)NC2CCS(=O)CC2)c1C. The van der Waals surface area contributed by atoms with Crippen LogP contribution in [-0.4, -0.2) is 30.2 Å². The number of rotatable bonds is 3. The Hall–Kier alpha value is -0.920. The van der Waals surface area contributed by atoms with Crippen LogP contribution in [0.25, 0.3) is 0 Å². The maximum Gasteiger partial charge on any atom is 0.241 e. The lowest BCUT2D eigenvalue weighted by Gasteiger charge is -2.24. The van der Waals surface area contributed by atoms with Gasteiger partial charge in [0, 0.05) is 34.0 Å². The molecule has 0 amide bonds. The van der Waals surface area contributed by atoms with E-state index in [-0.39, 0.29) is 10.9 Å². The second-order valence-corrected chi connectivity index (χ2v) is 8.95. The minimum absolute atomic E-state index is 0.145.